The smallest absolute Gasteiger partial charge is 0.338 e. The molecule has 0 N–H and O–H groups in total. The van der Waals surface area contributed by atoms with Gasteiger partial charge in [0.25, 0.3) is 5.91 Å². The number of hydrogen-bond acceptors (Lipinski definition) is 5. The van der Waals surface area contributed by atoms with Gasteiger partial charge < -0.3 is 14.0 Å². The average Bonchev–Trinajstić information content (AvgIpc) is 3.06. The first-order chi connectivity index (χ1) is 14.5. The Morgan fingerprint density at radius 3 is 2.57 bits per heavy atom. The fourth-order valence-corrected chi connectivity index (χ4v) is 4.18. The molecule has 0 saturated heterocycles. The first-order valence-electron chi connectivity index (χ1n) is 9.72. The lowest BCUT2D eigenvalue weighted by Gasteiger charge is -2.06. The lowest BCUT2D eigenvalue weighted by molar-refractivity contribution is -0.117. The third-order valence-corrected chi connectivity index (χ3v) is 5.64. The molecule has 3 rings (SSSR count). The molecule has 0 atom stereocenters. The maximum absolute atomic E-state index is 12.6. The molecule has 0 fully saturated rings. The first kappa shape index (κ1) is 22.2. The molecular weight excluding hydrogens is 424 g/mol. The third-order valence-electron chi connectivity index (χ3n) is 4.35. The van der Waals surface area contributed by atoms with Crippen LogP contribution < -0.4 is 4.80 Å². The van der Waals surface area contributed by atoms with E-state index in [0.717, 1.165) is 15.8 Å². The summed E-state index contributed by atoms with van der Waals surface area (Å²) >= 11 is 7.27. The Labute approximate surface area is 183 Å². The molecule has 158 valence electrons. The van der Waals surface area contributed by atoms with E-state index in [-0.39, 0.29) is 18.3 Å². The van der Waals surface area contributed by atoms with Crippen LogP contribution in [0.5, 0.6) is 0 Å². The minimum Gasteiger partial charge on any atom is -0.462 e. The van der Waals surface area contributed by atoms with Crippen molar-refractivity contribution >= 4 is 45.0 Å². The Kier molecular flexibility index (Phi) is 7.79. The highest BCUT2D eigenvalue weighted by Gasteiger charge is 2.13. The summed E-state index contributed by atoms with van der Waals surface area (Å²) in [7, 11) is 0. The Morgan fingerprint density at radius 1 is 1.10 bits per heavy atom. The van der Waals surface area contributed by atoms with Crippen LogP contribution >= 0.6 is 22.9 Å². The highest BCUT2D eigenvalue weighted by Crippen LogP contribution is 2.20. The van der Waals surface area contributed by atoms with E-state index in [9.17, 15) is 9.59 Å². The number of amides is 1. The number of rotatable bonds is 8. The lowest BCUT2D eigenvalue weighted by atomic mass is 10.1. The van der Waals surface area contributed by atoms with E-state index < -0.39 is 0 Å². The van der Waals surface area contributed by atoms with Crippen LogP contribution in [0.3, 0.4) is 0 Å². The number of nitrogens with zero attached hydrogens (tertiary/aromatic N) is 2. The van der Waals surface area contributed by atoms with Gasteiger partial charge >= 0.3 is 5.97 Å². The molecule has 0 radical (unpaired) electrons. The fourth-order valence-electron chi connectivity index (χ4n) is 2.94. The highest BCUT2D eigenvalue weighted by atomic mass is 35.5. The van der Waals surface area contributed by atoms with Gasteiger partial charge in [0.2, 0.25) is 0 Å². The van der Waals surface area contributed by atoms with Gasteiger partial charge in [-0.05, 0) is 49.7 Å². The molecule has 1 heterocycles. The highest BCUT2D eigenvalue weighted by molar-refractivity contribution is 7.16. The van der Waals surface area contributed by atoms with Gasteiger partial charge in [0.05, 0.1) is 35.4 Å². The molecule has 1 aromatic heterocycles. The number of carbonyl (C=O) groups excluding carboxylic acids is 2. The van der Waals surface area contributed by atoms with Crippen LogP contribution in [0, 0.1) is 0 Å². The van der Waals surface area contributed by atoms with E-state index >= 15 is 0 Å². The van der Waals surface area contributed by atoms with E-state index in [2.05, 4.69) is 4.99 Å². The molecule has 0 aliphatic carbocycles. The summed E-state index contributed by atoms with van der Waals surface area (Å²) in [6, 6.07) is 12.5. The predicted octanol–water partition coefficient (Wildman–Crippen LogP) is 4.24. The third kappa shape index (κ3) is 5.56. The van der Waals surface area contributed by atoms with Crippen LogP contribution in [-0.4, -0.2) is 36.3 Å². The molecule has 0 saturated carbocycles. The maximum Gasteiger partial charge on any atom is 0.338 e. The lowest BCUT2D eigenvalue weighted by Crippen LogP contribution is -2.20. The Balaban J connectivity index is 1.96. The van der Waals surface area contributed by atoms with Gasteiger partial charge in [-0.15, -0.1) is 0 Å². The van der Waals surface area contributed by atoms with E-state index in [1.165, 1.54) is 11.3 Å². The topological polar surface area (TPSA) is 69.9 Å². The second kappa shape index (κ2) is 10.5. The van der Waals surface area contributed by atoms with Crippen LogP contribution in [0.4, 0.5) is 0 Å². The summed E-state index contributed by atoms with van der Waals surface area (Å²) in [4.78, 5) is 29.6. The van der Waals surface area contributed by atoms with Gasteiger partial charge in [-0.2, -0.15) is 4.99 Å². The Bertz CT molecular complexity index is 1100. The minimum absolute atomic E-state index is 0.185. The molecule has 1 amide bonds. The van der Waals surface area contributed by atoms with Crippen LogP contribution in [0.1, 0.15) is 29.8 Å². The number of carbonyl (C=O) groups is 2. The number of aromatic nitrogens is 1. The summed E-state index contributed by atoms with van der Waals surface area (Å²) < 4.78 is 13.4. The van der Waals surface area contributed by atoms with Crippen LogP contribution in [0.15, 0.2) is 47.5 Å². The standard InChI is InChI=1S/C22H23ClN2O4S/c1-3-28-12-11-25-18-10-7-16(21(27)29-4-2)14-19(18)30-22(25)24-20(26)13-15-5-8-17(23)9-6-15/h5-10,14H,3-4,11-13H2,1-2H3. The number of benzene rings is 2. The summed E-state index contributed by atoms with van der Waals surface area (Å²) in [5.74, 6) is -0.620. The molecule has 0 bridgehead atoms. The van der Waals surface area contributed by atoms with Crippen molar-refractivity contribution in [3.05, 3.63) is 63.4 Å². The normalized spacial score (nSPS) is 11.8. The van der Waals surface area contributed by atoms with E-state index in [1.807, 2.05) is 29.7 Å². The molecule has 0 unspecified atom stereocenters. The van der Waals surface area contributed by atoms with Gasteiger partial charge in [0.1, 0.15) is 0 Å². The van der Waals surface area contributed by atoms with Crippen molar-refractivity contribution < 1.29 is 19.1 Å². The first-order valence-corrected chi connectivity index (χ1v) is 10.9. The van der Waals surface area contributed by atoms with Crippen molar-refractivity contribution in [3.8, 4) is 0 Å². The molecule has 8 heteroatoms. The summed E-state index contributed by atoms with van der Waals surface area (Å²) in [5.41, 5.74) is 2.21. The van der Waals surface area contributed by atoms with Crippen molar-refractivity contribution in [3.63, 3.8) is 0 Å². The monoisotopic (exact) mass is 446 g/mol. The second-order valence-corrected chi connectivity index (χ2v) is 7.89. The molecule has 3 aromatic rings. The Morgan fingerprint density at radius 2 is 1.87 bits per heavy atom. The average molecular weight is 447 g/mol. The zero-order chi connectivity index (χ0) is 21.5. The van der Waals surface area contributed by atoms with Gasteiger partial charge in [0.15, 0.2) is 4.80 Å². The molecule has 0 spiro atoms. The molecule has 2 aromatic carbocycles. The van der Waals surface area contributed by atoms with E-state index in [4.69, 9.17) is 21.1 Å². The predicted molar refractivity (Wildman–Crippen MR) is 118 cm³/mol. The van der Waals surface area contributed by atoms with Gasteiger partial charge in [-0.1, -0.05) is 35.1 Å². The Hall–Kier alpha value is -2.48. The number of ether oxygens (including phenoxy) is 2. The van der Waals surface area contributed by atoms with Crippen LogP contribution in [0.2, 0.25) is 5.02 Å². The molecule has 30 heavy (non-hydrogen) atoms. The second-order valence-electron chi connectivity index (χ2n) is 6.44. The molecular formula is C22H23ClN2O4S. The minimum atomic E-state index is -0.369. The summed E-state index contributed by atoms with van der Waals surface area (Å²) in [5, 5.41) is 0.624. The van der Waals surface area contributed by atoms with Crippen molar-refractivity contribution in [2.24, 2.45) is 4.99 Å². The van der Waals surface area contributed by atoms with Gasteiger partial charge in [0, 0.05) is 18.2 Å². The zero-order valence-electron chi connectivity index (χ0n) is 16.9. The fraction of sp³-hybridized carbons (Fsp3) is 0.318. The zero-order valence-corrected chi connectivity index (χ0v) is 18.5. The van der Waals surface area contributed by atoms with Gasteiger partial charge in [-0.25, -0.2) is 4.79 Å². The number of esters is 1. The molecule has 0 aliphatic rings. The quantitative estimate of drug-likeness (QED) is 0.383. The van der Waals surface area contributed by atoms with Crippen molar-refractivity contribution in [2.45, 2.75) is 26.8 Å². The van der Waals surface area contributed by atoms with Crippen LogP contribution in [-0.2, 0) is 27.2 Å². The van der Waals surface area contributed by atoms with E-state index in [1.54, 1.807) is 31.2 Å². The number of halogens is 1. The number of hydrogen-bond donors (Lipinski definition) is 0. The van der Waals surface area contributed by atoms with E-state index in [0.29, 0.717) is 41.8 Å². The SMILES string of the molecule is CCOCCn1c(=NC(=O)Cc2ccc(Cl)cc2)sc2cc(C(=O)OCC)ccc21. The maximum atomic E-state index is 12.6. The number of fused-ring (bicyclic) bond motifs is 1. The summed E-state index contributed by atoms with van der Waals surface area (Å²) in [6.45, 7) is 5.68. The molecule has 6 nitrogen and oxygen atoms in total. The van der Waals surface area contributed by atoms with Gasteiger partial charge in [-0.3, -0.25) is 4.79 Å². The van der Waals surface area contributed by atoms with Crippen molar-refractivity contribution in [1.29, 1.82) is 0 Å². The number of thiazole rings is 1. The molecule has 0 aliphatic heterocycles. The summed E-state index contributed by atoms with van der Waals surface area (Å²) in [6.07, 6.45) is 0.185. The van der Waals surface area contributed by atoms with Crippen molar-refractivity contribution in [1.82, 2.24) is 4.57 Å². The van der Waals surface area contributed by atoms with Crippen molar-refractivity contribution in [2.75, 3.05) is 19.8 Å². The van der Waals surface area contributed by atoms with Crippen LogP contribution in [0.25, 0.3) is 10.2 Å². The largest absolute Gasteiger partial charge is 0.462 e.